The van der Waals surface area contributed by atoms with Crippen LogP contribution in [0.1, 0.15) is 43.4 Å². The van der Waals surface area contributed by atoms with E-state index in [0.717, 1.165) is 25.0 Å². The third-order valence-electron chi connectivity index (χ3n) is 5.15. The lowest BCUT2D eigenvalue weighted by atomic mass is 9.90. The maximum absolute atomic E-state index is 14.4. The third kappa shape index (κ3) is 4.01. The van der Waals surface area contributed by atoms with Crippen molar-refractivity contribution >= 4 is 5.91 Å². The first-order chi connectivity index (χ1) is 12.3. The van der Waals surface area contributed by atoms with Crippen LogP contribution in [0, 0.1) is 11.7 Å². The topological polar surface area (TPSA) is 50.4 Å². The number of carbonyl (C=O) groups is 1. The zero-order valence-corrected chi connectivity index (χ0v) is 14.4. The minimum absolute atomic E-state index is 0.0599. The Morgan fingerprint density at radius 2 is 2.08 bits per heavy atom. The van der Waals surface area contributed by atoms with Crippen molar-refractivity contribution in [2.45, 2.75) is 50.5 Å². The van der Waals surface area contributed by atoms with Gasteiger partial charge in [-0.2, -0.15) is 13.2 Å². The molecule has 2 fully saturated rings. The number of halogens is 4. The molecule has 2 N–H and O–H groups in total. The maximum atomic E-state index is 14.4. The first-order valence-electron chi connectivity index (χ1n) is 8.80. The van der Waals surface area contributed by atoms with Gasteiger partial charge < -0.3 is 15.4 Å². The fraction of sp³-hybridized carbons (Fsp3) is 0.611. The standard InChI is InChI=1S/C18H22F4N2O2/c1-2-12-4-6-15(23-12)17(25)24-16(10-8-26-9-10)13-5-3-11(7-14(13)19)18(20,21)22/h3,5,7,10,12,15-16,23H,2,4,6,8-9H2,1H3,(H,24,25)/t12-,15-,16?/m1/s1. The summed E-state index contributed by atoms with van der Waals surface area (Å²) in [5, 5.41) is 6.05. The number of rotatable bonds is 5. The van der Waals surface area contributed by atoms with Crippen molar-refractivity contribution in [3.63, 3.8) is 0 Å². The first-order valence-corrected chi connectivity index (χ1v) is 8.80. The van der Waals surface area contributed by atoms with Crippen molar-refractivity contribution in [1.29, 1.82) is 0 Å². The monoisotopic (exact) mass is 374 g/mol. The number of carbonyl (C=O) groups excluding carboxylic acids is 1. The second-order valence-electron chi connectivity index (χ2n) is 6.92. The molecule has 2 aliphatic rings. The van der Waals surface area contributed by atoms with Crippen LogP contribution in [-0.2, 0) is 15.7 Å². The molecule has 3 atom stereocenters. The van der Waals surface area contributed by atoms with Crippen molar-refractivity contribution < 1.29 is 27.1 Å². The summed E-state index contributed by atoms with van der Waals surface area (Å²) >= 11 is 0. The molecule has 0 spiro atoms. The van der Waals surface area contributed by atoms with Crippen molar-refractivity contribution in [1.82, 2.24) is 10.6 Å². The van der Waals surface area contributed by atoms with Crippen LogP contribution in [0.5, 0.6) is 0 Å². The normalized spacial score (nSPS) is 25.0. The number of benzene rings is 1. The fourth-order valence-corrected chi connectivity index (χ4v) is 3.45. The van der Waals surface area contributed by atoms with Crippen LogP contribution in [0.2, 0.25) is 0 Å². The van der Waals surface area contributed by atoms with Gasteiger partial charge in [-0.3, -0.25) is 4.79 Å². The molecular weight excluding hydrogens is 352 g/mol. The minimum Gasteiger partial charge on any atom is -0.381 e. The van der Waals surface area contributed by atoms with Crippen molar-refractivity contribution in [2.75, 3.05) is 13.2 Å². The zero-order valence-electron chi connectivity index (χ0n) is 14.4. The molecule has 0 aromatic heterocycles. The van der Waals surface area contributed by atoms with Gasteiger partial charge in [-0.15, -0.1) is 0 Å². The van der Waals surface area contributed by atoms with Crippen LogP contribution in [0.4, 0.5) is 17.6 Å². The lowest BCUT2D eigenvalue weighted by molar-refractivity contribution is -0.138. The molecule has 8 heteroatoms. The van der Waals surface area contributed by atoms with Crippen LogP contribution < -0.4 is 10.6 Å². The predicted molar refractivity (Wildman–Crippen MR) is 86.8 cm³/mol. The molecule has 1 amide bonds. The van der Waals surface area contributed by atoms with Gasteiger partial charge >= 0.3 is 6.18 Å². The quantitative estimate of drug-likeness (QED) is 0.779. The van der Waals surface area contributed by atoms with Gasteiger partial charge in [0.25, 0.3) is 0 Å². The molecule has 2 heterocycles. The van der Waals surface area contributed by atoms with Gasteiger partial charge in [0.05, 0.1) is 30.9 Å². The summed E-state index contributed by atoms with van der Waals surface area (Å²) in [5.41, 5.74) is -0.985. The van der Waals surface area contributed by atoms with Gasteiger partial charge in [0.2, 0.25) is 5.91 Å². The Hall–Kier alpha value is -1.67. The summed E-state index contributed by atoms with van der Waals surface area (Å²) in [6.07, 6.45) is -2.12. The Morgan fingerprint density at radius 1 is 1.35 bits per heavy atom. The minimum atomic E-state index is -4.61. The number of alkyl halides is 3. The highest BCUT2D eigenvalue weighted by molar-refractivity contribution is 5.82. The average molecular weight is 374 g/mol. The molecule has 26 heavy (non-hydrogen) atoms. The molecule has 0 saturated carbocycles. The molecule has 2 aliphatic heterocycles. The first kappa shape index (κ1) is 19.1. The largest absolute Gasteiger partial charge is 0.416 e. The van der Waals surface area contributed by atoms with Crippen molar-refractivity contribution in [2.24, 2.45) is 5.92 Å². The predicted octanol–water partition coefficient (Wildman–Crippen LogP) is 3.18. The van der Waals surface area contributed by atoms with E-state index >= 15 is 0 Å². The summed E-state index contributed by atoms with van der Waals surface area (Å²) in [5.74, 6) is -1.38. The number of ether oxygens (including phenoxy) is 1. The van der Waals surface area contributed by atoms with Crippen LogP contribution in [0.3, 0.4) is 0 Å². The summed E-state index contributed by atoms with van der Waals surface area (Å²) in [6, 6.07) is 1.65. The maximum Gasteiger partial charge on any atom is 0.416 e. The van der Waals surface area contributed by atoms with Crippen molar-refractivity contribution in [3.05, 3.63) is 35.1 Å². The Balaban J connectivity index is 1.77. The Bertz CT molecular complexity index is 661. The molecule has 3 rings (SSSR count). The number of hydrogen-bond acceptors (Lipinski definition) is 3. The summed E-state index contributed by atoms with van der Waals surface area (Å²) in [7, 11) is 0. The van der Waals surface area contributed by atoms with E-state index in [4.69, 9.17) is 4.74 Å². The number of nitrogens with one attached hydrogen (secondary N) is 2. The summed E-state index contributed by atoms with van der Waals surface area (Å²) in [6.45, 7) is 2.70. The van der Waals surface area contributed by atoms with E-state index in [1.54, 1.807) is 0 Å². The van der Waals surface area contributed by atoms with E-state index in [1.165, 1.54) is 0 Å². The second kappa shape index (κ2) is 7.52. The number of hydrogen-bond donors (Lipinski definition) is 2. The molecule has 144 valence electrons. The van der Waals surface area contributed by atoms with E-state index < -0.39 is 23.6 Å². The smallest absolute Gasteiger partial charge is 0.381 e. The SMILES string of the molecule is CC[C@@H]1CC[C@H](C(=O)NC(c2ccc(C(F)(F)F)cc2F)C2COC2)N1. The molecule has 1 aromatic carbocycles. The van der Waals surface area contributed by atoms with E-state index in [2.05, 4.69) is 10.6 Å². The molecule has 4 nitrogen and oxygen atoms in total. The highest BCUT2D eigenvalue weighted by Gasteiger charge is 2.37. The van der Waals surface area contributed by atoms with Gasteiger partial charge in [-0.1, -0.05) is 13.0 Å². The molecule has 1 aromatic rings. The Kier molecular flexibility index (Phi) is 5.53. The molecule has 2 saturated heterocycles. The van der Waals surface area contributed by atoms with E-state index in [0.29, 0.717) is 25.7 Å². The molecular formula is C18H22F4N2O2. The molecule has 0 aliphatic carbocycles. The van der Waals surface area contributed by atoms with Gasteiger partial charge in [0.1, 0.15) is 5.82 Å². The summed E-state index contributed by atoms with van der Waals surface area (Å²) in [4.78, 5) is 12.6. The average Bonchev–Trinajstić information content (AvgIpc) is 3.00. The van der Waals surface area contributed by atoms with E-state index in [1.807, 2.05) is 6.92 Å². The van der Waals surface area contributed by atoms with Crippen LogP contribution in [0.25, 0.3) is 0 Å². The van der Waals surface area contributed by atoms with Gasteiger partial charge in [0.15, 0.2) is 0 Å². The Labute approximate surface area is 149 Å². The highest BCUT2D eigenvalue weighted by atomic mass is 19.4. The van der Waals surface area contributed by atoms with Crippen LogP contribution in [0.15, 0.2) is 18.2 Å². The molecule has 1 unspecified atom stereocenters. The third-order valence-corrected chi connectivity index (χ3v) is 5.15. The van der Waals surface area contributed by atoms with Gasteiger partial charge in [0, 0.05) is 17.5 Å². The Morgan fingerprint density at radius 3 is 2.58 bits per heavy atom. The van der Waals surface area contributed by atoms with Crippen molar-refractivity contribution in [3.8, 4) is 0 Å². The summed E-state index contributed by atoms with van der Waals surface area (Å²) < 4.78 is 57.8. The lowest BCUT2D eigenvalue weighted by Crippen LogP contribution is -2.48. The molecule has 0 radical (unpaired) electrons. The zero-order chi connectivity index (χ0) is 18.9. The fourth-order valence-electron chi connectivity index (χ4n) is 3.45. The van der Waals surface area contributed by atoms with Gasteiger partial charge in [-0.05, 0) is 31.4 Å². The van der Waals surface area contributed by atoms with E-state index in [-0.39, 0.29) is 29.5 Å². The number of amides is 1. The van der Waals surface area contributed by atoms with E-state index in [9.17, 15) is 22.4 Å². The van der Waals surface area contributed by atoms with Gasteiger partial charge in [-0.25, -0.2) is 4.39 Å². The highest BCUT2D eigenvalue weighted by Crippen LogP contribution is 2.34. The van der Waals surface area contributed by atoms with Crippen LogP contribution in [-0.4, -0.2) is 31.2 Å². The second-order valence-corrected chi connectivity index (χ2v) is 6.92. The van der Waals surface area contributed by atoms with Crippen LogP contribution >= 0.6 is 0 Å². The molecule has 0 bridgehead atoms. The lowest BCUT2D eigenvalue weighted by Gasteiger charge is -2.35.